The molecule has 0 bridgehead atoms. The van der Waals surface area contributed by atoms with E-state index in [-0.39, 0.29) is 5.92 Å². The summed E-state index contributed by atoms with van der Waals surface area (Å²) < 4.78 is 18.7. The van der Waals surface area contributed by atoms with E-state index >= 15 is 0 Å². The van der Waals surface area contributed by atoms with Crippen LogP contribution in [0.25, 0.3) is 0 Å². The van der Waals surface area contributed by atoms with Crippen molar-refractivity contribution in [1.29, 1.82) is 0 Å². The van der Waals surface area contributed by atoms with E-state index < -0.39 is 5.95 Å². The maximum Gasteiger partial charge on any atom is 0.213 e. The Hall–Kier alpha value is -1.71. The molecule has 1 aliphatic carbocycles. The summed E-state index contributed by atoms with van der Waals surface area (Å²) in [6.07, 6.45) is 1.23. The van der Waals surface area contributed by atoms with Crippen LogP contribution in [0.1, 0.15) is 48.4 Å². The van der Waals surface area contributed by atoms with Crippen molar-refractivity contribution in [2.24, 2.45) is 0 Å². The lowest BCUT2D eigenvalue weighted by molar-refractivity contribution is 0.438. The number of nitrogens with zero attached hydrogens (tertiary/aromatic N) is 2. The minimum absolute atomic E-state index is 0.272. The average molecular weight is 232 g/mol. The van der Waals surface area contributed by atoms with E-state index in [1.807, 2.05) is 13.8 Å². The van der Waals surface area contributed by atoms with Crippen molar-refractivity contribution >= 4 is 0 Å². The molecular formula is C13H13FN2O. The first-order valence-corrected chi connectivity index (χ1v) is 5.76. The topological polar surface area (TPSA) is 38.9 Å². The molecule has 3 rings (SSSR count). The number of oxazole rings is 1. The molecule has 88 valence electrons. The van der Waals surface area contributed by atoms with Gasteiger partial charge in [-0.15, -0.1) is 0 Å². The Kier molecular flexibility index (Phi) is 2.24. The van der Waals surface area contributed by atoms with Crippen molar-refractivity contribution < 1.29 is 8.81 Å². The number of rotatable bonds is 1. The lowest BCUT2D eigenvalue weighted by Gasteiger charge is -2.12. The maximum atomic E-state index is 13.0. The van der Waals surface area contributed by atoms with E-state index in [2.05, 4.69) is 9.97 Å². The average Bonchev–Trinajstić information content (AvgIpc) is 2.68. The molecule has 1 aliphatic rings. The SMILES string of the molecule is CC(C)c1nc2c(o1)Cc1nc(F)ccc1C2. The van der Waals surface area contributed by atoms with Gasteiger partial charge in [-0.25, -0.2) is 9.97 Å². The largest absolute Gasteiger partial charge is 0.445 e. The van der Waals surface area contributed by atoms with E-state index in [0.29, 0.717) is 12.8 Å². The highest BCUT2D eigenvalue weighted by Gasteiger charge is 2.23. The smallest absolute Gasteiger partial charge is 0.213 e. The fraction of sp³-hybridized carbons (Fsp3) is 0.385. The fourth-order valence-corrected chi connectivity index (χ4v) is 2.08. The van der Waals surface area contributed by atoms with E-state index in [1.54, 1.807) is 6.07 Å². The third kappa shape index (κ3) is 1.73. The van der Waals surface area contributed by atoms with E-state index in [0.717, 1.165) is 28.6 Å². The van der Waals surface area contributed by atoms with Crippen LogP contribution < -0.4 is 0 Å². The Balaban J connectivity index is 2.02. The van der Waals surface area contributed by atoms with Crippen molar-refractivity contribution in [2.75, 3.05) is 0 Å². The van der Waals surface area contributed by atoms with Gasteiger partial charge < -0.3 is 4.42 Å². The zero-order valence-corrected chi connectivity index (χ0v) is 9.83. The predicted octanol–water partition coefficient (Wildman–Crippen LogP) is 2.83. The van der Waals surface area contributed by atoms with Crippen LogP contribution in [-0.4, -0.2) is 9.97 Å². The quantitative estimate of drug-likeness (QED) is 0.605. The summed E-state index contributed by atoms with van der Waals surface area (Å²) in [7, 11) is 0. The van der Waals surface area contributed by atoms with Crippen molar-refractivity contribution in [3.05, 3.63) is 46.7 Å². The lowest BCUT2D eigenvalue weighted by Crippen LogP contribution is -2.09. The van der Waals surface area contributed by atoms with Gasteiger partial charge in [-0.1, -0.05) is 19.9 Å². The zero-order valence-electron chi connectivity index (χ0n) is 9.83. The molecule has 0 aliphatic heterocycles. The molecule has 0 saturated carbocycles. The number of pyridine rings is 1. The van der Waals surface area contributed by atoms with Gasteiger partial charge in [-0.05, 0) is 11.6 Å². The minimum atomic E-state index is -0.434. The molecular weight excluding hydrogens is 219 g/mol. The Morgan fingerprint density at radius 3 is 2.76 bits per heavy atom. The molecule has 0 radical (unpaired) electrons. The first kappa shape index (κ1) is 10.4. The maximum absolute atomic E-state index is 13.0. The molecule has 0 unspecified atom stereocenters. The van der Waals surface area contributed by atoms with Gasteiger partial charge in [-0.3, -0.25) is 0 Å². The highest BCUT2D eigenvalue weighted by Crippen LogP contribution is 2.28. The first-order valence-electron chi connectivity index (χ1n) is 5.76. The van der Waals surface area contributed by atoms with Crippen LogP contribution in [-0.2, 0) is 12.8 Å². The van der Waals surface area contributed by atoms with Crippen LogP contribution in [0.2, 0.25) is 0 Å². The molecule has 17 heavy (non-hydrogen) atoms. The summed E-state index contributed by atoms with van der Waals surface area (Å²) in [5.41, 5.74) is 2.78. The van der Waals surface area contributed by atoms with Crippen molar-refractivity contribution in [2.45, 2.75) is 32.6 Å². The molecule has 2 aromatic heterocycles. The van der Waals surface area contributed by atoms with Crippen LogP contribution in [0.15, 0.2) is 16.5 Å². The minimum Gasteiger partial charge on any atom is -0.445 e. The molecule has 2 heterocycles. The van der Waals surface area contributed by atoms with Crippen LogP contribution in [0, 0.1) is 5.95 Å². The number of fused-ring (bicyclic) bond motifs is 2. The summed E-state index contributed by atoms with van der Waals surface area (Å²) in [4.78, 5) is 8.40. The Morgan fingerprint density at radius 1 is 1.18 bits per heavy atom. The van der Waals surface area contributed by atoms with Crippen LogP contribution in [0.3, 0.4) is 0 Å². The number of halogens is 1. The van der Waals surface area contributed by atoms with Crippen LogP contribution in [0.4, 0.5) is 4.39 Å². The fourth-order valence-electron chi connectivity index (χ4n) is 2.08. The Bertz CT molecular complexity index is 575. The second-order valence-corrected chi connectivity index (χ2v) is 4.67. The van der Waals surface area contributed by atoms with Gasteiger partial charge in [0.2, 0.25) is 5.95 Å². The Morgan fingerprint density at radius 2 is 2.00 bits per heavy atom. The molecule has 0 fully saturated rings. The third-order valence-corrected chi connectivity index (χ3v) is 3.01. The number of aromatic nitrogens is 2. The first-order chi connectivity index (χ1) is 8.13. The monoisotopic (exact) mass is 232 g/mol. The molecule has 0 aromatic carbocycles. The molecule has 0 N–H and O–H groups in total. The van der Waals surface area contributed by atoms with Gasteiger partial charge in [0, 0.05) is 12.3 Å². The second-order valence-electron chi connectivity index (χ2n) is 4.67. The normalized spacial score (nSPS) is 13.6. The third-order valence-electron chi connectivity index (χ3n) is 3.01. The van der Waals surface area contributed by atoms with Crippen molar-refractivity contribution in [3.8, 4) is 0 Å². The van der Waals surface area contributed by atoms with E-state index in [4.69, 9.17) is 4.42 Å². The van der Waals surface area contributed by atoms with Gasteiger partial charge in [-0.2, -0.15) is 4.39 Å². The summed E-state index contributed by atoms with van der Waals surface area (Å²) in [6, 6.07) is 3.18. The predicted molar refractivity (Wildman–Crippen MR) is 60.4 cm³/mol. The van der Waals surface area contributed by atoms with Gasteiger partial charge in [0.1, 0.15) is 5.76 Å². The van der Waals surface area contributed by atoms with E-state index in [9.17, 15) is 4.39 Å². The number of hydrogen-bond acceptors (Lipinski definition) is 3. The van der Waals surface area contributed by atoms with Crippen molar-refractivity contribution in [3.63, 3.8) is 0 Å². The number of hydrogen-bond donors (Lipinski definition) is 0. The summed E-state index contributed by atoms with van der Waals surface area (Å²) in [5.74, 6) is 1.42. The van der Waals surface area contributed by atoms with Gasteiger partial charge in [0.25, 0.3) is 0 Å². The van der Waals surface area contributed by atoms with Gasteiger partial charge >= 0.3 is 0 Å². The van der Waals surface area contributed by atoms with Gasteiger partial charge in [0.15, 0.2) is 5.89 Å². The molecule has 2 aromatic rings. The van der Waals surface area contributed by atoms with Crippen LogP contribution >= 0.6 is 0 Å². The van der Waals surface area contributed by atoms with Crippen molar-refractivity contribution in [1.82, 2.24) is 9.97 Å². The molecule has 0 amide bonds. The van der Waals surface area contributed by atoms with E-state index in [1.165, 1.54) is 6.07 Å². The highest BCUT2D eigenvalue weighted by atomic mass is 19.1. The molecule has 0 spiro atoms. The summed E-state index contributed by atoms with van der Waals surface area (Å²) >= 11 is 0. The highest BCUT2D eigenvalue weighted by molar-refractivity contribution is 5.35. The summed E-state index contributed by atoms with van der Waals surface area (Å²) in [6.45, 7) is 4.09. The molecule has 3 nitrogen and oxygen atoms in total. The standard InChI is InChI=1S/C13H13FN2O/c1-7(2)13-16-10-5-8-3-4-12(14)15-9(8)6-11(10)17-13/h3-4,7H,5-6H2,1-2H3. The Labute approximate surface area is 98.7 Å². The molecule has 0 saturated heterocycles. The molecule has 0 atom stereocenters. The van der Waals surface area contributed by atoms with Gasteiger partial charge in [0.05, 0.1) is 17.8 Å². The second kappa shape index (κ2) is 3.65. The zero-order chi connectivity index (χ0) is 12.0. The lowest BCUT2D eigenvalue weighted by atomic mass is 9.97. The summed E-state index contributed by atoms with van der Waals surface area (Å²) in [5, 5.41) is 0. The van der Waals surface area contributed by atoms with Crippen LogP contribution in [0.5, 0.6) is 0 Å². The molecule has 4 heteroatoms.